The monoisotopic (exact) mass is 487 g/mol. The molecular formula is C25H21N5O4S. The first-order valence-electron chi connectivity index (χ1n) is 10.9. The van der Waals surface area contributed by atoms with Crippen molar-refractivity contribution in [3.63, 3.8) is 0 Å². The maximum absolute atomic E-state index is 12.9. The molecule has 4 aromatic rings. The van der Waals surface area contributed by atoms with Crippen LogP contribution in [0.3, 0.4) is 0 Å². The van der Waals surface area contributed by atoms with Crippen LogP contribution in [0.15, 0.2) is 65.5 Å². The van der Waals surface area contributed by atoms with Gasteiger partial charge in [0.2, 0.25) is 0 Å². The first-order chi connectivity index (χ1) is 16.9. The molecule has 0 saturated heterocycles. The van der Waals surface area contributed by atoms with Gasteiger partial charge in [-0.25, -0.2) is 4.98 Å². The highest BCUT2D eigenvalue weighted by molar-refractivity contribution is 7.15. The van der Waals surface area contributed by atoms with Crippen molar-refractivity contribution < 1.29 is 14.7 Å². The van der Waals surface area contributed by atoms with Crippen LogP contribution in [0.2, 0.25) is 0 Å². The van der Waals surface area contributed by atoms with Gasteiger partial charge in [0.25, 0.3) is 17.4 Å². The summed E-state index contributed by atoms with van der Waals surface area (Å²) in [7, 11) is 0. The fourth-order valence-electron chi connectivity index (χ4n) is 3.90. The average molecular weight is 488 g/mol. The van der Waals surface area contributed by atoms with Crippen molar-refractivity contribution in [2.24, 2.45) is 0 Å². The Morgan fingerprint density at radius 2 is 1.89 bits per heavy atom. The highest BCUT2D eigenvalue weighted by atomic mass is 32.1. The molecule has 3 heterocycles. The molecule has 2 amide bonds. The molecule has 10 heteroatoms. The van der Waals surface area contributed by atoms with Gasteiger partial charge in [0, 0.05) is 29.5 Å². The summed E-state index contributed by atoms with van der Waals surface area (Å²) < 4.78 is 1.07. The number of carbonyl (C=O) groups is 2. The molecule has 2 N–H and O–H groups in total. The number of aromatic hydroxyl groups is 1. The Bertz CT molecular complexity index is 1500. The predicted octanol–water partition coefficient (Wildman–Crippen LogP) is 3.15. The molecule has 2 aromatic heterocycles. The van der Waals surface area contributed by atoms with Crippen LogP contribution in [0.1, 0.15) is 37.0 Å². The number of aryl methyl sites for hydroxylation is 1. The number of nitrogens with zero attached hydrogens (tertiary/aromatic N) is 4. The number of hydrogen-bond acceptors (Lipinski definition) is 7. The SMILES string of the molecule is Cc1cccc(-n2nc(C(=O)Nc3nc4c(s3)CN(C(=O)c3ccccc3)CC4)c(O)cc2=O)c1. The highest BCUT2D eigenvalue weighted by Crippen LogP contribution is 2.29. The molecule has 5 rings (SSSR count). The Kier molecular flexibility index (Phi) is 5.87. The number of rotatable bonds is 4. The van der Waals surface area contributed by atoms with Crippen molar-refractivity contribution in [1.82, 2.24) is 19.7 Å². The van der Waals surface area contributed by atoms with Gasteiger partial charge in [-0.3, -0.25) is 19.7 Å². The second kappa shape index (κ2) is 9.15. The van der Waals surface area contributed by atoms with Gasteiger partial charge >= 0.3 is 0 Å². The number of amides is 2. The van der Waals surface area contributed by atoms with Gasteiger partial charge in [-0.1, -0.05) is 41.7 Å². The largest absolute Gasteiger partial charge is 0.505 e. The Hall–Kier alpha value is -4.31. The zero-order valence-corrected chi connectivity index (χ0v) is 19.6. The molecule has 0 radical (unpaired) electrons. The maximum atomic E-state index is 12.9. The summed E-state index contributed by atoms with van der Waals surface area (Å²) in [6, 6.07) is 17.1. The summed E-state index contributed by atoms with van der Waals surface area (Å²) >= 11 is 1.27. The number of hydrogen-bond donors (Lipinski definition) is 2. The molecule has 0 bridgehead atoms. The molecule has 176 valence electrons. The number of nitrogens with one attached hydrogen (secondary N) is 1. The predicted molar refractivity (Wildman–Crippen MR) is 131 cm³/mol. The molecule has 0 aliphatic carbocycles. The fraction of sp³-hybridized carbons (Fsp3) is 0.160. The lowest BCUT2D eigenvalue weighted by Crippen LogP contribution is -2.35. The second-order valence-corrected chi connectivity index (χ2v) is 9.24. The number of fused-ring (bicyclic) bond motifs is 1. The molecule has 9 nitrogen and oxygen atoms in total. The van der Waals surface area contributed by atoms with Crippen LogP contribution in [0.4, 0.5) is 5.13 Å². The van der Waals surface area contributed by atoms with E-state index in [1.165, 1.54) is 11.3 Å². The van der Waals surface area contributed by atoms with Gasteiger partial charge in [-0.05, 0) is 36.8 Å². The first kappa shape index (κ1) is 22.5. The number of carbonyl (C=O) groups excluding carboxylic acids is 2. The van der Waals surface area contributed by atoms with E-state index in [2.05, 4.69) is 15.4 Å². The maximum Gasteiger partial charge on any atom is 0.281 e. The summed E-state index contributed by atoms with van der Waals surface area (Å²) in [5.41, 5.74) is 2.00. The lowest BCUT2D eigenvalue weighted by molar-refractivity contribution is 0.0736. The van der Waals surface area contributed by atoms with E-state index >= 15 is 0 Å². The minimum absolute atomic E-state index is 0.0530. The summed E-state index contributed by atoms with van der Waals surface area (Å²) in [6.07, 6.45) is 0.571. The Labute approximate surface area is 204 Å². The smallest absolute Gasteiger partial charge is 0.281 e. The Morgan fingerprint density at radius 1 is 1.09 bits per heavy atom. The van der Waals surface area contributed by atoms with E-state index in [0.717, 1.165) is 26.9 Å². The van der Waals surface area contributed by atoms with Crippen molar-refractivity contribution in [1.29, 1.82) is 0 Å². The minimum atomic E-state index is -0.688. The molecule has 0 fully saturated rings. The summed E-state index contributed by atoms with van der Waals surface area (Å²) in [5, 5.41) is 17.3. The molecule has 0 unspecified atom stereocenters. The highest BCUT2D eigenvalue weighted by Gasteiger charge is 2.26. The first-order valence-corrected chi connectivity index (χ1v) is 11.8. The number of benzene rings is 2. The van der Waals surface area contributed by atoms with Gasteiger partial charge in [-0.2, -0.15) is 9.78 Å². The van der Waals surface area contributed by atoms with E-state index < -0.39 is 17.2 Å². The van der Waals surface area contributed by atoms with E-state index in [0.29, 0.717) is 35.9 Å². The van der Waals surface area contributed by atoms with Crippen molar-refractivity contribution in [2.45, 2.75) is 19.9 Å². The van der Waals surface area contributed by atoms with Crippen LogP contribution < -0.4 is 10.9 Å². The quantitative estimate of drug-likeness (QED) is 0.457. The van der Waals surface area contributed by atoms with Crippen LogP contribution in [-0.2, 0) is 13.0 Å². The van der Waals surface area contributed by atoms with Crippen LogP contribution in [0.25, 0.3) is 5.69 Å². The third kappa shape index (κ3) is 4.56. The second-order valence-electron chi connectivity index (χ2n) is 8.15. The molecule has 2 aromatic carbocycles. The summed E-state index contributed by atoms with van der Waals surface area (Å²) in [4.78, 5) is 45.2. The fourth-order valence-corrected chi connectivity index (χ4v) is 4.91. The van der Waals surface area contributed by atoms with Gasteiger partial charge in [0.05, 0.1) is 17.9 Å². The molecule has 0 atom stereocenters. The van der Waals surface area contributed by atoms with Crippen LogP contribution in [0.5, 0.6) is 5.75 Å². The van der Waals surface area contributed by atoms with E-state index in [1.807, 2.05) is 31.2 Å². The lowest BCUT2D eigenvalue weighted by atomic mass is 10.1. The van der Waals surface area contributed by atoms with Gasteiger partial charge in [0.15, 0.2) is 16.6 Å². The number of anilines is 1. The molecule has 35 heavy (non-hydrogen) atoms. The van der Waals surface area contributed by atoms with E-state index in [-0.39, 0.29) is 11.6 Å². The van der Waals surface area contributed by atoms with Gasteiger partial charge in [-0.15, -0.1) is 0 Å². The zero-order valence-electron chi connectivity index (χ0n) is 18.8. The molecule has 0 saturated carbocycles. The summed E-state index contributed by atoms with van der Waals surface area (Å²) in [6.45, 7) is 2.81. The van der Waals surface area contributed by atoms with E-state index in [1.54, 1.807) is 35.2 Å². The molecule has 0 spiro atoms. The topological polar surface area (TPSA) is 117 Å². The third-order valence-corrected chi connectivity index (χ3v) is 6.63. The molecule has 1 aliphatic rings. The van der Waals surface area contributed by atoms with Crippen molar-refractivity contribution in [2.75, 3.05) is 11.9 Å². The minimum Gasteiger partial charge on any atom is -0.505 e. The van der Waals surface area contributed by atoms with Crippen LogP contribution in [0, 0.1) is 6.92 Å². The number of aromatic nitrogens is 3. The van der Waals surface area contributed by atoms with Gasteiger partial charge < -0.3 is 10.0 Å². The van der Waals surface area contributed by atoms with Crippen molar-refractivity contribution >= 4 is 28.3 Å². The van der Waals surface area contributed by atoms with E-state index in [4.69, 9.17) is 0 Å². The Morgan fingerprint density at radius 3 is 2.66 bits per heavy atom. The normalized spacial score (nSPS) is 12.8. The van der Waals surface area contributed by atoms with E-state index in [9.17, 15) is 19.5 Å². The van der Waals surface area contributed by atoms with Crippen LogP contribution in [-0.4, -0.2) is 43.1 Å². The average Bonchev–Trinajstić information content (AvgIpc) is 3.25. The van der Waals surface area contributed by atoms with Gasteiger partial charge in [0.1, 0.15) is 0 Å². The standard InChI is InChI=1S/C25H21N5O4S/c1-15-6-5-9-17(12-15)30-21(32)13-19(31)22(28-30)23(33)27-25-26-18-10-11-29(14-20(18)35-25)24(34)16-7-3-2-4-8-16/h2-9,12-13,31H,10-11,14H2,1H3,(H,26,27,33). The lowest BCUT2D eigenvalue weighted by Gasteiger charge is -2.26. The van der Waals surface area contributed by atoms with Crippen LogP contribution >= 0.6 is 11.3 Å². The number of thiazole rings is 1. The summed E-state index contributed by atoms with van der Waals surface area (Å²) in [5.74, 6) is -1.26. The van der Waals surface area contributed by atoms with Crippen molar-refractivity contribution in [3.05, 3.63) is 98.4 Å². The zero-order chi connectivity index (χ0) is 24.5. The Balaban J connectivity index is 1.36. The third-order valence-electron chi connectivity index (χ3n) is 5.63. The molecular weight excluding hydrogens is 466 g/mol. The molecule has 1 aliphatic heterocycles. The van der Waals surface area contributed by atoms with Crippen molar-refractivity contribution in [3.8, 4) is 11.4 Å².